The van der Waals surface area contributed by atoms with E-state index in [9.17, 15) is 8.42 Å². The lowest BCUT2D eigenvalue weighted by atomic mass is 10.0. The first-order valence-corrected chi connectivity index (χ1v) is 8.25. The third kappa shape index (κ3) is 2.73. The van der Waals surface area contributed by atoms with Crippen LogP contribution in [0.5, 0.6) is 0 Å². The Morgan fingerprint density at radius 1 is 0.905 bits per heavy atom. The molecule has 106 valence electrons. The molecule has 0 aliphatic rings. The van der Waals surface area contributed by atoms with Crippen LogP contribution in [-0.4, -0.2) is 19.8 Å². The number of benzene rings is 2. The first-order chi connectivity index (χ1) is 10.1. The molecule has 0 bridgehead atoms. The van der Waals surface area contributed by atoms with Crippen LogP contribution in [0.1, 0.15) is 0 Å². The molecule has 0 saturated heterocycles. The summed E-state index contributed by atoms with van der Waals surface area (Å²) < 4.78 is 28.1. The van der Waals surface area contributed by atoms with Crippen LogP contribution in [-0.2, 0) is 9.84 Å². The van der Waals surface area contributed by atoms with E-state index >= 15 is 0 Å². The summed E-state index contributed by atoms with van der Waals surface area (Å²) in [5.74, 6) is 0. The van der Waals surface area contributed by atoms with Crippen molar-refractivity contribution in [3.8, 4) is 22.4 Å². The van der Waals surface area contributed by atoms with Gasteiger partial charge in [-0.05, 0) is 17.7 Å². The number of nitrogens with zero attached hydrogens (tertiary/aromatic N) is 1. The predicted octanol–water partition coefficient (Wildman–Crippen LogP) is 3.41. The normalized spacial score (nSPS) is 11.5. The second-order valence-corrected chi connectivity index (χ2v) is 6.76. The van der Waals surface area contributed by atoms with Crippen molar-refractivity contribution in [1.82, 2.24) is 5.16 Å². The molecular weight excluding hydrogens is 286 g/mol. The Morgan fingerprint density at radius 2 is 1.57 bits per heavy atom. The zero-order valence-electron chi connectivity index (χ0n) is 11.4. The molecule has 2 aromatic carbocycles. The number of hydrogen-bond donors (Lipinski definition) is 0. The Balaban J connectivity index is 2.05. The Hall–Kier alpha value is -2.40. The molecule has 0 spiro atoms. The maximum absolute atomic E-state index is 11.5. The molecule has 1 aromatic heterocycles. The van der Waals surface area contributed by atoms with E-state index in [-0.39, 0.29) is 0 Å². The highest BCUT2D eigenvalue weighted by Gasteiger charge is 2.13. The van der Waals surface area contributed by atoms with Crippen LogP contribution >= 0.6 is 0 Å². The number of rotatable bonds is 3. The van der Waals surface area contributed by atoms with Gasteiger partial charge in [0.1, 0.15) is 12.0 Å². The topological polar surface area (TPSA) is 60.2 Å². The van der Waals surface area contributed by atoms with Gasteiger partial charge in [-0.2, -0.15) is 0 Å². The van der Waals surface area contributed by atoms with Gasteiger partial charge in [-0.1, -0.05) is 47.6 Å². The van der Waals surface area contributed by atoms with E-state index in [2.05, 4.69) is 5.16 Å². The largest absolute Gasteiger partial charge is 0.363 e. The summed E-state index contributed by atoms with van der Waals surface area (Å²) >= 11 is 0. The summed E-state index contributed by atoms with van der Waals surface area (Å²) in [5.41, 5.74) is 3.39. The van der Waals surface area contributed by atoms with Crippen molar-refractivity contribution in [1.29, 1.82) is 0 Å². The summed E-state index contributed by atoms with van der Waals surface area (Å²) in [4.78, 5) is 0.295. The fourth-order valence-electron chi connectivity index (χ4n) is 2.13. The zero-order valence-corrected chi connectivity index (χ0v) is 12.2. The average molecular weight is 299 g/mol. The summed E-state index contributed by atoms with van der Waals surface area (Å²) in [7, 11) is -3.19. The maximum atomic E-state index is 11.5. The van der Waals surface area contributed by atoms with Crippen molar-refractivity contribution in [2.24, 2.45) is 0 Å². The molecule has 5 heteroatoms. The van der Waals surface area contributed by atoms with Gasteiger partial charge >= 0.3 is 0 Å². The van der Waals surface area contributed by atoms with Crippen LogP contribution in [0.15, 0.2) is 70.3 Å². The Labute approximate surface area is 123 Å². The van der Waals surface area contributed by atoms with E-state index in [1.807, 2.05) is 30.3 Å². The second-order valence-electron chi connectivity index (χ2n) is 4.74. The predicted molar refractivity (Wildman–Crippen MR) is 80.5 cm³/mol. The molecule has 3 aromatic rings. The van der Waals surface area contributed by atoms with E-state index in [1.54, 1.807) is 30.5 Å². The summed E-state index contributed by atoms with van der Waals surface area (Å²) in [5, 5.41) is 4.04. The highest BCUT2D eigenvalue weighted by Crippen LogP contribution is 2.31. The summed E-state index contributed by atoms with van der Waals surface area (Å²) in [6, 6.07) is 16.4. The van der Waals surface area contributed by atoms with E-state index in [4.69, 9.17) is 4.52 Å². The highest BCUT2D eigenvalue weighted by atomic mass is 32.2. The highest BCUT2D eigenvalue weighted by molar-refractivity contribution is 7.90. The summed E-state index contributed by atoms with van der Waals surface area (Å²) in [6.07, 6.45) is 2.76. The molecule has 0 aliphatic heterocycles. The fourth-order valence-corrected chi connectivity index (χ4v) is 2.76. The van der Waals surface area contributed by atoms with E-state index in [1.165, 1.54) is 6.26 Å². The van der Waals surface area contributed by atoms with Crippen LogP contribution in [0, 0.1) is 0 Å². The molecule has 0 atom stereocenters. The molecule has 0 unspecified atom stereocenters. The monoisotopic (exact) mass is 299 g/mol. The third-order valence-corrected chi connectivity index (χ3v) is 4.34. The molecule has 0 saturated carbocycles. The van der Waals surface area contributed by atoms with Gasteiger partial charge in [-0.3, -0.25) is 0 Å². The van der Waals surface area contributed by atoms with Gasteiger partial charge in [0.25, 0.3) is 0 Å². The second kappa shape index (κ2) is 5.18. The molecule has 0 radical (unpaired) electrons. The zero-order chi connectivity index (χ0) is 14.9. The molecule has 0 fully saturated rings. The Morgan fingerprint density at radius 3 is 2.19 bits per heavy atom. The van der Waals surface area contributed by atoms with Crippen LogP contribution in [0.2, 0.25) is 0 Å². The molecule has 0 aliphatic carbocycles. The molecule has 0 N–H and O–H groups in total. The molecule has 0 amide bonds. The lowest BCUT2D eigenvalue weighted by molar-refractivity contribution is 0.422. The van der Waals surface area contributed by atoms with Crippen molar-refractivity contribution in [2.75, 3.05) is 6.26 Å². The van der Waals surface area contributed by atoms with Crippen LogP contribution < -0.4 is 0 Å². The van der Waals surface area contributed by atoms with Crippen LogP contribution in [0.4, 0.5) is 0 Å². The number of aromatic nitrogens is 1. The van der Waals surface area contributed by atoms with Crippen LogP contribution in [0.3, 0.4) is 0 Å². The molecular formula is C16H13NO3S. The van der Waals surface area contributed by atoms with Gasteiger partial charge in [0.2, 0.25) is 0 Å². The Kier molecular flexibility index (Phi) is 3.35. The standard InChI is InChI=1S/C16H13NO3S/c1-21(18,19)14-9-7-12(8-10-14)15-11-20-17-16(15)13-5-3-2-4-6-13/h2-11H,1H3. The van der Waals surface area contributed by atoms with Crippen molar-refractivity contribution in [3.63, 3.8) is 0 Å². The minimum atomic E-state index is -3.19. The molecule has 4 nitrogen and oxygen atoms in total. The average Bonchev–Trinajstić information content (AvgIpc) is 2.97. The minimum Gasteiger partial charge on any atom is -0.363 e. The van der Waals surface area contributed by atoms with Gasteiger partial charge in [0, 0.05) is 17.4 Å². The first kappa shape index (κ1) is 13.6. The fraction of sp³-hybridized carbons (Fsp3) is 0.0625. The van der Waals surface area contributed by atoms with Crippen LogP contribution in [0.25, 0.3) is 22.4 Å². The lowest BCUT2D eigenvalue weighted by Crippen LogP contribution is -1.96. The van der Waals surface area contributed by atoms with E-state index < -0.39 is 9.84 Å². The third-order valence-electron chi connectivity index (χ3n) is 3.21. The molecule has 1 heterocycles. The van der Waals surface area contributed by atoms with Gasteiger partial charge < -0.3 is 4.52 Å². The SMILES string of the molecule is CS(=O)(=O)c1ccc(-c2conc2-c2ccccc2)cc1. The van der Waals surface area contributed by atoms with Gasteiger partial charge in [-0.15, -0.1) is 0 Å². The number of sulfone groups is 1. The first-order valence-electron chi connectivity index (χ1n) is 6.36. The van der Waals surface area contributed by atoms with Gasteiger partial charge in [0.05, 0.1) is 4.90 Å². The Bertz CT molecular complexity index is 850. The molecule has 3 rings (SSSR count). The van der Waals surface area contributed by atoms with Crippen molar-refractivity contribution < 1.29 is 12.9 Å². The maximum Gasteiger partial charge on any atom is 0.175 e. The summed E-state index contributed by atoms with van der Waals surface area (Å²) in [6.45, 7) is 0. The molecule has 21 heavy (non-hydrogen) atoms. The van der Waals surface area contributed by atoms with E-state index in [0.717, 1.165) is 22.4 Å². The lowest BCUT2D eigenvalue weighted by Gasteiger charge is -2.03. The van der Waals surface area contributed by atoms with Crippen molar-refractivity contribution in [3.05, 3.63) is 60.9 Å². The van der Waals surface area contributed by atoms with Gasteiger partial charge in [-0.25, -0.2) is 8.42 Å². The quantitative estimate of drug-likeness (QED) is 0.743. The van der Waals surface area contributed by atoms with Gasteiger partial charge in [0.15, 0.2) is 9.84 Å². The minimum absolute atomic E-state index is 0.295. The smallest absolute Gasteiger partial charge is 0.175 e. The van der Waals surface area contributed by atoms with E-state index in [0.29, 0.717) is 4.90 Å². The van der Waals surface area contributed by atoms with Crippen molar-refractivity contribution >= 4 is 9.84 Å². The van der Waals surface area contributed by atoms with Crippen molar-refractivity contribution in [2.45, 2.75) is 4.90 Å². The number of hydrogen-bond acceptors (Lipinski definition) is 4.